The molecule has 0 aliphatic heterocycles. The molecule has 47 heavy (non-hydrogen) atoms. The molecular weight excluding hydrogens is 573 g/mol. The smallest absolute Gasteiger partial charge is 0.224 e. The summed E-state index contributed by atoms with van der Waals surface area (Å²) in [6, 6.07) is 50.9. The predicted molar refractivity (Wildman–Crippen MR) is 197 cm³/mol. The molecule has 7 aromatic rings. The van der Waals surface area contributed by atoms with Crippen LogP contribution >= 0.6 is 0 Å². The van der Waals surface area contributed by atoms with E-state index in [-0.39, 0.29) is 0 Å². The Kier molecular flexibility index (Phi) is 7.29. The van der Waals surface area contributed by atoms with Crippen molar-refractivity contribution in [1.82, 2.24) is 4.98 Å². The number of nitrogens with one attached hydrogen (secondary N) is 1. The Morgan fingerprint density at radius 2 is 1.09 bits per heavy atom. The second-order valence-electron chi connectivity index (χ2n) is 11.6. The zero-order valence-corrected chi connectivity index (χ0v) is 25.6. The van der Waals surface area contributed by atoms with E-state index in [9.17, 15) is 0 Å². The summed E-state index contributed by atoms with van der Waals surface area (Å²) in [5, 5.41) is 16.0. The van der Waals surface area contributed by atoms with Gasteiger partial charge in [-0.25, -0.2) is 0 Å². The fourth-order valence-corrected chi connectivity index (χ4v) is 6.40. The van der Waals surface area contributed by atoms with Crippen LogP contribution < -0.4 is 10.8 Å². The van der Waals surface area contributed by atoms with E-state index in [2.05, 4.69) is 132 Å². The molecule has 0 radical (unpaired) electrons. The topological polar surface area (TPSA) is 62.9 Å². The molecule has 222 valence electrons. The van der Waals surface area contributed by atoms with Crippen LogP contribution in [0.1, 0.15) is 5.56 Å². The molecule has 6 aromatic carbocycles. The van der Waals surface area contributed by atoms with Crippen LogP contribution in [0.4, 0.5) is 5.69 Å². The third-order valence-corrected chi connectivity index (χ3v) is 8.66. The van der Waals surface area contributed by atoms with Crippen molar-refractivity contribution in [2.24, 2.45) is 5.10 Å². The summed E-state index contributed by atoms with van der Waals surface area (Å²) in [5.41, 5.74) is 14.4. The molecule has 3 N–H and O–H groups in total. The number of pyridine rings is 1. The van der Waals surface area contributed by atoms with Gasteiger partial charge in [0.25, 0.3) is 0 Å². The molecule has 0 saturated heterocycles. The number of hydrogen-bond acceptors (Lipinski definition) is 3. The number of fused-ring (bicyclic) bond motifs is 2. The average Bonchev–Trinajstić information content (AvgIpc) is 3.14. The van der Waals surface area contributed by atoms with Gasteiger partial charge in [-0.2, -0.15) is 5.10 Å². The first-order chi connectivity index (χ1) is 23.2. The lowest BCUT2D eigenvalue weighted by atomic mass is 9.86. The van der Waals surface area contributed by atoms with Gasteiger partial charge in [0.05, 0.1) is 11.4 Å². The first kappa shape index (κ1) is 28.1. The van der Waals surface area contributed by atoms with Gasteiger partial charge in [0.1, 0.15) is 0 Å². The average molecular weight is 604 g/mol. The van der Waals surface area contributed by atoms with Gasteiger partial charge in [-0.15, -0.1) is 0 Å². The van der Waals surface area contributed by atoms with E-state index < -0.39 is 0 Å². The monoisotopic (exact) mass is 603 g/mol. The number of allylic oxidation sites excluding steroid dienone is 4. The standard InChI is InChI=1S/C43H30N4/c44-39-25-22-32(31-13-10-14-33(27-31)40-19-8-9-26-45-40)28-41(39)47-46-34-23-20-30(21-24-34)43-37-17-6-4-15-35(37)42(29-11-2-1-3-12-29)36-16-5-7-18-38(36)43/h1-28,44,46H/p+1/b44-39?,47-41-. The summed E-state index contributed by atoms with van der Waals surface area (Å²) in [4.78, 5) is 4.50. The molecule has 1 aliphatic carbocycles. The second-order valence-corrected chi connectivity index (χ2v) is 11.6. The quantitative estimate of drug-likeness (QED) is 0.113. The highest BCUT2D eigenvalue weighted by molar-refractivity contribution is 6.50. The van der Waals surface area contributed by atoms with E-state index in [1.807, 2.05) is 48.7 Å². The molecule has 4 nitrogen and oxygen atoms in total. The summed E-state index contributed by atoms with van der Waals surface area (Å²) in [7, 11) is 0. The van der Waals surface area contributed by atoms with E-state index in [0.717, 1.165) is 33.6 Å². The molecule has 1 aromatic heterocycles. The maximum absolute atomic E-state index is 6.37. The van der Waals surface area contributed by atoms with Gasteiger partial charge in [-0.1, -0.05) is 115 Å². The maximum atomic E-state index is 6.37. The van der Waals surface area contributed by atoms with Crippen LogP contribution in [-0.4, -0.2) is 16.4 Å². The van der Waals surface area contributed by atoms with Gasteiger partial charge < -0.3 is 0 Å². The molecule has 0 atom stereocenters. The summed E-state index contributed by atoms with van der Waals surface area (Å²) in [6.45, 7) is 0. The van der Waals surface area contributed by atoms with Crippen LogP contribution in [0.5, 0.6) is 0 Å². The number of rotatable bonds is 6. The van der Waals surface area contributed by atoms with Crippen molar-refractivity contribution in [3.05, 3.63) is 176 Å². The zero-order chi connectivity index (χ0) is 31.6. The van der Waals surface area contributed by atoms with E-state index in [0.29, 0.717) is 11.4 Å². The normalized spacial score (nSPS) is 13.7. The highest BCUT2D eigenvalue weighted by Crippen LogP contribution is 2.43. The summed E-state index contributed by atoms with van der Waals surface area (Å²) < 4.78 is 0. The van der Waals surface area contributed by atoms with Crippen molar-refractivity contribution < 1.29 is 5.41 Å². The molecule has 1 heterocycles. The Labute approximate surface area is 273 Å². The van der Waals surface area contributed by atoms with E-state index >= 15 is 0 Å². The second kappa shape index (κ2) is 12.2. The van der Waals surface area contributed by atoms with Crippen LogP contribution in [0, 0.1) is 0 Å². The highest BCUT2D eigenvalue weighted by Gasteiger charge is 2.17. The zero-order valence-electron chi connectivity index (χ0n) is 25.6. The molecule has 0 unspecified atom stereocenters. The van der Waals surface area contributed by atoms with Crippen LogP contribution in [0.15, 0.2) is 175 Å². The molecule has 0 spiro atoms. The largest absolute Gasteiger partial charge is 0.278 e. The summed E-state index contributed by atoms with van der Waals surface area (Å²) >= 11 is 0. The van der Waals surface area contributed by atoms with E-state index in [4.69, 9.17) is 10.5 Å². The number of anilines is 1. The van der Waals surface area contributed by atoms with Gasteiger partial charge in [0.15, 0.2) is 5.71 Å². The molecule has 0 bridgehead atoms. The van der Waals surface area contributed by atoms with Crippen molar-refractivity contribution in [2.75, 3.05) is 5.43 Å². The lowest BCUT2D eigenvalue weighted by Crippen LogP contribution is -2.44. The molecule has 1 aliphatic rings. The van der Waals surface area contributed by atoms with E-state index in [1.165, 1.54) is 38.2 Å². The Morgan fingerprint density at radius 1 is 0.511 bits per heavy atom. The number of aromatic nitrogens is 1. The Balaban J connectivity index is 1.12. The fourth-order valence-electron chi connectivity index (χ4n) is 6.40. The van der Waals surface area contributed by atoms with Gasteiger partial charge >= 0.3 is 0 Å². The van der Waals surface area contributed by atoms with Crippen molar-refractivity contribution in [3.8, 4) is 33.5 Å². The summed E-state index contributed by atoms with van der Waals surface area (Å²) in [6.07, 6.45) is 7.76. The Hall–Kier alpha value is -6.39. The number of hydrazone groups is 1. The first-order valence-corrected chi connectivity index (χ1v) is 15.7. The van der Waals surface area contributed by atoms with Crippen LogP contribution in [-0.2, 0) is 0 Å². The Morgan fingerprint density at radius 3 is 1.72 bits per heavy atom. The molecule has 4 heteroatoms. The molecule has 0 amide bonds. The number of benzene rings is 6. The van der Waals surface area contributed by atoms with E-state index in [1.54, 1.807) is 0 Å². The minimum Gasteiger partial charge on any atom is -0.278 e. The lowest BCUT2D eigenvalue weighted by Gasteiger charge is -2.17. The fraction of sp³-hybridized carbons (Fsp3) is 0. The van der Waals surface area contributed by atoms with Crippen molar-refractivity contribution in [3.63, 3.8) is 0 Å². The molecule has 8 rings (SSSR count). The minimum absolute atomic E-state index is 0.607. The highest BCUT2D eigenvalue weighted by atomic mass is 15.3. The van der Waals surface area contributed by atoms with Crippen LogP contribution in [0.3, 0.4) is 0 Å². The maximum Gasteiger partial charge on any atom is 0.224 e. The molecule has 0 saturated carbocycles. The lowest BCUT2D eigenvalue weighted by molar-refractivity contribution is -0.108. The van der Waals surface area contributed by atoms with Crippen LogP contribution in [0.25, 0.3) is 60.6 Å². The number of nitrogens with two attached hydrogens (primary N) is 1. The Bertz CT molecular complexity index is 2310. The van der Waals surface area contributed by atoms with Crippen molar-refractivity contribution in [2.45, 2.75) is 0 Å². The predicted octanol–water partition coefficient (Wildman–Crippen LogP) is 9.01. The molecular formula is C43H31N4+. The van der Waals surface area contributed by atoms with Gasteiger partial charge in [0.2, 0.25) is 5.71 Å². The first-order valence-electron chi connectivity index (χ1n) is 15.7. The van der Waals surface area contributed by atoms with Gasteiger partial charge in [0, 0.05) is 17.8 Å². The third kappa shape index (κ3) is 5.43. The summed E-state index contributed by atoms with van der Waals surface area (Å²) in [5.74, 6) is 0. The number of hydrogen-bond donors (Lipinski definition) is 2. The van der Waals surface area contributed by atoms with Crippen molar-refractivity contribution >= 4 is 44.2 Å². The molecule has 0 fully saturated rings. The SMILES string of the molecule is [NH2+]=C1C=CC(c2cccc(-c3ccccn3)c2)=C/C1=N/Nc1ccc(-c2c3ccccc3c(-c3ccccc3)c3ccccc23)cc1. The van der Waals surface area contributed by atoms with Crippen molar-refractivity contribution in [1.29, 1.82) is 0 Å². The van der Waals surface area contributed by atoms with Gasteiger partial charge in [-0.3, -0.25) is 15.8 Å². The number of nitrogens with zero attached hydrogens (tertiary/aromatic N) is 2. The third-order valence-electron chi connectivity index (χ3n) is 8.66. The van der Waals surface area contributed by atoms with Gasteiger partial charge in [-0.05, 0) is 97.4 Å². The van der Waals surface area contributed by atoms with Crippen LogP contribution in [0.2, 0.25) is 0 Å². The minimum atomic E-state index is 0.607.